The molecule has 0 spiro atoms. The van der Waals surface area contributed by atoms with Crippen LogP contribution in [0.5, 0.6) is 5.75 Å². The molecular formula is C26H29N5O5S. The zero-order valence-corrected chi connectivity index (χ0v) is 22.3. The van der Waals surface area contributed by atoms with Crippen LogP contribution in [0.15, 0.2) is 59.5 Å². The average molecular weight is 524 g/mol. The average Bonchev–Trinajstić information content (AvgIpc) is 3.50. The van der Waals surface area contributed by atoms with Crippen LogP contribution in [0, 0.1) is 6.92 Å². The Morgan fingerprint density at radius 1 is 1.11 bits per heavy atom. The largest absolute Gasteiger partial charge is 0.492 e. The van der Waals surface area contributed by atoms with Gasteiger partial charge in [-0.05, 0) is 53.8 Å². The number of carbonyl (C=O) groups is 1. The number of furan rings is 1. The van der Waals surface area contributed by atoms with E-state index >= 15 is 0 Å². The van der Waals surface area contributed by atoms with Gasteiger partial charge in [0.25, 0.3) is 5.91 Å². The van der Waals surface area contributed by atoms with Crippen molar-refractivity contribution >= 4 is 27.3 Å². The molecule has 194 valence electrons. The second-order valence-corrected chi connectivity index (χ2v) is 11.5. The molecule has 0 bridgehead atoms. The van der Waals surface area contributed by atoms with E-state index in [9.17, 15) is 13.2 Å². The molecule has 2 N–H and O–H groups in total. The summed E-state index contributed by atoms with van der Waals surface area (Å²) in [6.45, 7) is 7.89. The number of aryl methyl sites for hydroxylation is 1. The van der Waals surface area contributed by atoms with E-state index in [-0.39, 0.29) is 16.9 Å². The highest BCUT2D eigenvalue weighted by Gasteiger charge is 2.23. The second kappa shape index (κ2) is 9.74. The molecule has 2 aromatic heterocycles. The molecule has 4 aromatic rings. The van der Waals surface area contributed by atoms with Gasteiger partial charge in [0.2, 0.25) is 10.0 Å². The molecule has 0 saturated carbocycles. The van der Waals surface area contributed by atoms with E-state index in [4.69, 9.17) is 9.15 Å². The molecular weight excluding hydrogens is 494 g/mol. The maximum atomic E-state index is 13.4. The summed E-state index contributed by atoms with van der Waals surface area (Å²) in [5, 5.41) is 11.3. The van der Waals surface area contributed by atoms with E-state index in [1.165, 1.54) is 7.11 Å². The third-order valence-electron chi connectivity index (χ3n) is 5.73. The van der Waals surface area contributed by atoms with Gasteiger partial charge in [0.05, 0.1) is 49.2 Å². The Bertz CT molecular complexity index is 1550. The van der Waals surface area contributed by atoms with Crippen molar-refractivity contribution in [2.24, 2.45) is 0 Å². The number of nitrogens with zero attached hydrogens (tertiary/aromatic N) is 3. The number of benzene rings is 2. The van der Waals surface area contributed by atoms with Crippen LogP contribution in [-0.2, 0) is 15.4 Å². The molecule has 11 heteroatoms. The topological polar surface area (TPSA) is 128 Å². The molecule has 2 heterocycles. The lowest BCUT2D eigenvalue weighted by Crippen LogP contribution is -2.18. The number of sulfonamides is 1. The predicted octanol–water partition coefficient (Wildman–Crippen LogP) is 4.77. The molecule has 0 unspecified atom stereocenters. The maximum Gasteiger partial charge on any atom is 0.255 e. The molecule has 37 heavy (non-hydrogen) atoms. The van der Waals surface area contributed by atoms with E-state index < -0.39 is 15.9 Å². The van der Waals surface area contributed by atoms with Crippen molar-refractivity contribution in [2.75, 3.05) is 23.4 Å². The third kappa shape index (κ3) is 5.83. The number of hydrogen-bond donors (Lipinski definition) is 2. The molecule has 10 nitrogen and oxygen atoms in total. The number of methoxy groups -OCH3 is 1. The van der Waals surface area contributed by atoms with Crippen LogP contribution in [0.2, 0.25) is 0 Å². The molecule has 4 rings (SSSR count). The molecule has 0 atom stereocenters. The fraction of sp³-hybridized carbons (Fsp3) is 0.269. The molecule has 0 aliphatic heterocycles. The van der Waals surface area contributed by atoms with Crippen LogP contribution in [0.4, 0.5) is 11.4 Å². The number of hydrogen-bond acceptors (Lipinski definition) is 7. The van der Waals surface area contributed by atoms with Crippen molar-refractivity contribution in [3.8, 4) is 22.7 Å². The van der Waals surface area contributed by atoms with Gasteiger partial charge in [-0.25, -0.2) is 13.1 Å². The highest BCUT2D eigenvalue weighted by atomic mass is 32.2. The molecule has 0 fully saturated rings. The van der Waals surface area contributed by atoms with Gasteiger partial charge in [-0.3, -0.25) is 9.52 Å². The minimum absolute atomic E-state index is 0.208. The number of anilines is 2. The molecule has 1 amide bonds. The van der Waals surface area contributed by atoms with E-state index in [2.05, 4.69) is 20.4 Å². The Morgan fingerprint density at radius 2 is 1.84 bits per heavy atom. The smallest absolute Gasteiger partial charge is 0.255 e. The fourth-order valence-corrected chi connectivity index (χ4v) is 4.32. The molecule has 0 aliphatic rings. The normalized spacial score (nSPS) is 11.8. The Labute approximate surface area is 215 Å². The summed E-state index contributed by atoms with van der Waals surface area (Å²) in [4.78, 5) is 13.4. The number of carbonyl (C=O) groups excluding carboxylic acids is 1. The van der Waals surface area contributed by atoms with Crippen LogP contribution in [0.1, 0.15) is 42.3 Å². The highest BCUT2D eigenvalue weighted by molar-refractivity contribution is 7.92. The first-order chi connectivity index (χ1) is 17.4. The van der Waals surface area contributed by atoms with Crippen molar-refractivity contribution in [3.63, 3.8) is 0 Å². The van der Waals surface area contributed by atoms with Gasteiger partial charge in [-0.15, -0.1) is 5.10 Å². The Balaban J connectivity index is 1.71. The minimum atomic E-state index is -3.59. The standard InChI is InChI=1S/C26H29N5O5S/c1-16-7-8-17(11-23(16)31-14-22(28-30-31)18-9-10-36-15-18)25(32)27-20-12-19(26(2,3)4)13-21(24(20)35-5)29-37(6,33)34/h7-15,29H,1-6H3,(H,27,32). The lowest BCUT2D eigenvalue weighted by molar-refractivity contribution is 0.102. The number of aromatic nitrogens is 3. The van der Waals surface area contributed by atoms with Crippen LogP contribution in [-0.4, -0.2) is 42.7 Å². The van der Waals surface area contributed by atoms with Crippen LogP contribution in [0.25, 0.3) is 16.9 Å². The molecule has 0 saturated heterocycles. The maximum absolute atomic E-state index is 13.4. The van der Waals surface area contributed by atoms with Crippen molar-refractivity contribution in [2.45, 2.75) is 33.1 Å². The first-order valence-corrected chi connectivity index (χ1v) is 13.3. The zero-order valence-electron chi connectivity index (χ0n) is 21.5. The number of nitrogens with one attached hydrogen (secondary N) is 2. The minimum Gasteiger partial charge on any atom is -0.492 e. The van der Waals surface area contributed by atoms with Crippen molar-refractivity contribution in [1.29, 1.82) is 0 Å². The summed E-state index contributed by atoms with van der Waals surface area (Å²) in [6.07, 6.45) is 5.96. The van der Waals surface area contributed by atoms with Crippen molar-refractivity contribution < 1.29 is 22.4 Å². The number of amides is 1. The third-order valence-corrected chi connectivity index (χ3v) is 6.32. The highest BCUT2D eigenvalue weighted by Crippen LogP contribution is 2.39. The summed E-state index contributed by atoms with van der Waals surface area (Å²) in [6, 6.07) is 10.5. The summed E-state index contributed by atoms with van der Waals surface area (Å²) in [5.41, 5.74) is 4.46. The van der Waals surface area contributed by atoms with Gasteiger partial charge in [0.15, 0.2) is 5.75 Å². The summed E-state index contributed by atoms with van der Waals surface area (Å²) in [5.74, 6) is -0.189. The van der Waals surface area contributed by atoms with Gasteiger partial charge in [0.1, 0.15) is 5.69 Å². The summed E-state index contributed by atoms with van der Waals surface area (Å²) >= 11 is 0. The van der Waals surface area contributed by atoms with Gasteiger partial charge >= 0.3 is 0 Å². The molecule has 2 aromatic carbocycles. The zero-order chi connectivity index (χ0) is 27.0. The number of rotatable bonds is 7. The lowest BCUT2D eigenvalue weighted by Gasteiger charge is -2.24. The first kappa shape index (κ1) is 26.0. The Kier molecular flexibility index (Phi) is 6.83. The molecule has 0 radical (unpaired) electrons. The predicted molar refractivity (Wildman–Crippen MR) is 142 cm³/mol. The summed E-state index contributed by atoms with van der Waals surface area (Å²) < 4.78 is 38.7. The van der Waals surface area contributed by atoms with Gasteiger partial charge in [-0.2, -0.15) is 0 Å². The fourth-order valence-electron chi connectivity index (χ4n) is 3.77. The number of ether oxygens (including phenoxy) is 1. The second-order valence-electron chi connectivity index (χ2n) is 9.74. The molecule has 0 aliphatic carbocycles. The SMILES string of the molecule is COc1c(NC(=O)c2ccc(C)c(-n3cc(-c4ccoc4)nn3)c2)cc(C(C)(C)C)cc1NS(C)(=O)=O. The van der Waals surface area contributed by atoms with Crippen molar-refractivity contribution in [3.05, 3.63) is 71.8 Å². The van der Waals surface area contributed by atoms with Crippen LogP contribution >= 0.6 is 0 Å². The van der Waals surface area contributed by atoms with E-state index in [0.717, 1.165) is 22.9 Å². The quantitative estimate of drug-likeness (QED) is 0.357. The Hall–Kier alpha value is -4.12. The van der Waals surface area contributed by atoms with Gasteiger partial charge in [0, 0.05) is 11.1 Å². The van der Waals surface area contributed by atoms with E-state index in [0.29, 0.717) is 22.6 Å². The van der Waals surface area contributed by atoms with Crippen LogP contribution in [0.3, 0.4) is 0 Å². The Morgan fingerprint density at radius 3 is 2.46 bits per heavy atom. The van der Waals surface area contributed by atoms with Gasteiger partial charge < -0.3 is 14.5 Å². The van der Waals surface area contributed by atoms with Gasteiger partial charge in [-0.1, -0.05) is 32.1 Å². The monoisotopic (exact) mass is 523 g/mol. The van der Waals surface area contributed by atoms with E-state index in [1.807, 2.05) is 33.8 Å². The lowest BCUT2D eigenvalue weighted by atomic mass is 9.86. The van der Waals surface area contributed by atoms with Crippen LogP contribution < -0.4 is 14.8 Å². The van der Waals surface area contributed by atoms with E-state index in [1.54, 1.807) is 53.7 Å². The van der Waals surface area contributed by atoms with Crippen molar-refractivity contribution in [1.82, 2.24) is 15.0 Å². The first-order valence-electron chi connectivity index (χ1n) is 11.4. The summed E-state index contributed by atoms with van der Waals surface area (Å²) in [7, 11) is -2.17.